The van der Waals surface area contributed by atoms with Gasteiger partial charge in [0.15, 0.2) is 0 Å². The third-order valence-electron chi connectivity index (χ3n) is 4.30. The Morgan fingerprint density at radius 2 is 2.24 bits per heavy atom. The van der Waals surface area contributed by atoms with Crippen molar-refractivity contribution in [3.63, 3.8) is 0 Å². The summed E-state index contributed by atoms with van der Waals surface area (Å²) in [5, 5.41) is 2.97. The average molecular weight is 289 g/mol. The molecule has 4 nitrogen and oxygen atoms in total. The highest BCUT2D eigenvalue weighted by atomic mass is 16.1. The van der Waals surface area contributed by atoms with E-state index in [4.69, 9.17) is 5.73 Å². The summed E-state index contributed by atoms with van der Waals surface area (Å²) in [7, 11) is 0. The first-order valence-electron chi connectivity index (χ1n) is 7.96. The van der Waals surface area contributed by atoms with Crippen molar-refractivity contribution < 1.29 is 4.79 Å². The molecule has 1 fully saturated rings. The van der Waals surface area contributed by atoms with Gasteiger partial charge in [-0.15, -0.1) is 0 Å². The first kappa shape index (κ1) is 15.8. The SMILES string of the molecule is Cc1ccc(C(=O)NCCCN2CCCCC2C)c(N)c1. The van der Waals surface area contributed by atoms with Crippen molar-refractivity contribution in [1.29, 1.82) is 0 Å². The van der Waals surface area contributed by atoms with Crippen molar-refractivity contribution in [3.8, 4) is 0 Å². The predicted molar refractivity (Wildman–Crippen MR) is 87.4 cm³/mol. The second-order valence-corrected chi connectivity index (χ2v) is 6.08. The zero-order valence-electron chi connectivity index (χ0n) is 13.2. The second kappa shape index (κ2) is 7.46. The summed E-state index contributed by atoms with van der Waals surface area (Å²) in [6.45, 7) is 7.22. The van der Waals surface area contributed by atoms with E-state index in [2.05, 4.69) is 17.1 Å². The lowest BCUT2D eigenvalue weighted by molar-refractivity contribution is 0.0950. The number of anilines is 1. The van der Waals surface area contributed by atoms with E-state index in [-0.39, 0.29) is 5.91 Å². The molecule has 1 aliphatic heterocycles. The van der Waals surface area contributed by atoms with Gasteiger partial charge in [-0.1, -0.05) is 12.5 Å². The van der Waals surface area contributed by atoms with E-state index in [0.29, 0.717) is 23.8 Å². The van der Waals surface area contributed by atoms with Gasteiger partial charge in [0.2, 0.25) is 0 Å². The van der Waals surface area contributed by atoms with Crippen LogP contribution in [0.4, 0.5) is 5.69 Å². The fraction of sp³-hybridized carbons (Fsp3) is 0.588. The van der Waals surface area contributed by atoms with Gasteiger partial charge in [0.1, 0.15) is 0 Å². The van der Waals surface area contributed by atoms with Crippen molar-refractivity contribution in [2.24, 2.45) is 0 Å². The van der Waals surface area contributed by atoms with E-state index >= 15 is 0 Å². The van der Waals surface area contributed by atoms with Crippen molar-refractivity contribution in [3.05, 3.63) is 29.3 Å². The van der Waals surface area contributed by atoms with E-state index in [1.807, 2.05) is 19.1 Å². The van der Waals surface area contributed by atoms with Crippen molar-refractivity contribution in [1.82, 2.24) is 10.2 Å². The van der Waals surface area contributed by atoms with E-state index in [9.17, 15) is 4.79 Å². The number of hydrogen-bond donors (Lipinski definition) is 2. The van der Waals surface area contributed by atoms with Crippen molar-refractivity contribution in [2.45, 2.75) is 45.6 Å². The number of carbonyl (C=O) groups is 1. The van der Waals surface area contributed by atoms with Gasteiger partial charge in [-0.2, -0.15) is 0 Å². The molecule has 1 aromatic carbocycles. The molecule has 0 spiro atoms. The highest BCUT2D eigenvalue weighted by Crippen LogP contribution is 2.16. The van der Waals surface area contributed by atoms with Gasteiger partial charge in [0.25, 0.3) is 5.91 Å². The number of nitrogen functional groups attached to an aromatic ring is 1. The van der Waals surface area contributed by atoms with E-state index in [1.165, 1.54) is 25.8 Å². The summed E-state index contributed by atoms with van der Waals surface area (Å²) in [6.07, 6.45) is 4.94. The molecule has 0 radical (unpaired) electrons. The van der Waals surface area contributed by atoms with Crippen LogP contribution in [0, 0.1) is 6.92 Å². The molecule has 1 atom stereocenters. The average Bonchev–Trinajstić information content (AvgIpc) is 2.45. The third-order valence-corrected chi connectivity index (χ3v) is 4.30. The second-order valence-electron chi connectivity index (χ2n) is 6.08. The number of amides is 1. The summed E-state index contributed by atoms with van der Waals surface area (Å²) in [6, 6.07) is 6.24. The van der Waals surface area contributed by atoms with Gasteiger partial charge >= 0.3 is 0 Å². The number of piperidine rings is 1. The molecule has 1 amide bonds. The minimum Gasteiger partial charge on any atom is -0.398 e. The number of carbonyl (C=O) groups excluding carboxylic acids is 1. The zero-order chi connectivity index (χ0) is 15.2. The molecule has 1 heterocycles. The Balaban J connectivity index is 1.74. The maximum atomic E-state index is 12.1. The minimum absolute atomic E-state index is 0.0702. The predicted octanol–water partition coefficient (Wildman–Crippen LogP) is 2.57. The van der Waals surface area contributed by atoms with Gasteiger partial charge in [-0.25, -0.2) is 0 Å². The third kappa shape index (κ3) is 4.46. The van der Waals surface area contributed by atoms with Gasteiger partial charge in [0, 0.05) is 24.8 Å². The molecule has 1 aromatic rings. The van der Waals surface area contributed by atoms with Crippen LogP contribution < -0.4 is 11.1 Å². The van der Waals surface area contributed by atoms with Crippen LogP contribution in [0.25, 0.3) is 0 Å². The van der Waals surface area contributed by atoms with Crippen LogP contribution in [-0.4, -0.2) is 36.5 Å². The highest BCUT2D eigenvalue weighted by Gasteiger charge is 2.17. The first-order valence-corrected chi connectivity index (χ1v) is 7.96. The number of aryl methyl sites for hydroxylation is 1. The minimum atomic E-state index is -0.0702. The van der Waals surface area contributed by atoms with E-state index in [1.54, 1.807) is 6.07 Å². The lowest BCUT2D eigenvalue weighted by atomic mass is 10.0. The smallest absolute Gasteiger partial charge is 0.253 e. The molecule has 2 rings (SSSR count). The van der Waals surface area contributed by atoms with Gasteiger partial charge in [-0.05, 0) is 57.4 Å². The fourth-order valence-electron chi connectivity index (χ4n) is 2.96. The normalized spacial score (nSPS) is 19.4. The fourth-order valence-corrected chi connectivity index (χ4v) is 2.96. The molecule has 3 N–H and O–H groups in total. The van der Waals surface area contributed by atoms with E-state index in [0.717, 1.165) is 18.5 Å². The van der Waals surface area contributed by atoms with Crippen molar-refractivity contribution in [2.75, 3.05) is 25.4 Å². The van der Waals surface area contributed by atoms with Crippen LogP contribution in [0.1, 0.15) is 48.5 Å². The topological polar surface area (TPSA) is 58.4 Å². The molecule has 116 valence electrons. The summed E-state index contributed by atoms with van der Waals surface area (Å²) in [5.41, 5.74) is 8.09. The van der Waals surface area contributed by atoms with Crippen LogP contribution in [0.3, 0.4) is 0 Å². The summed E-state index contributed by atoms with van der Waals surface area (Å²) < 4.78 is 0. The van der Waals surface area contributed by atoms with Crippen LogP contribution in [-0.2, 0) is 0 Å². The molecule has 0 bridgehead atoms. The molecule has 0 saturated carbocycles. The Morgan fingerprint density at radius 1 is 1.43 bits per heavy atom. The van der Waals surface area contributed by atoms with Crippen LogP contribution in [0.2, 0.25) is 0 Å². The number of hydrogen-bond acceptors (Lipinski definition) is 3. The Kier molecular flexibility index (Phi) is 5.62. The van der Waals surface area contributed by atoms with Crippen molar-refractivity contribution >= 4 is 11.6 Å². The number of nitrogens with one attached hydrogen (secondary N) is 1. The molecular formula is C17H27N3O. The number of likely N-dealkylation sites (tertiary alicyclic amines) is 1. The lowest BCUT2D eigenvalue weighted by Gasteiger charge is -2.33. The molecule has 21 heavy (non-hydrogen) atoms. The summed E-state index contributed by atoms with van der Waals surface area (Å²) >= 11 is 0. The number of rotatable bonds is 5. The molecule has 0 aliphatic carbocycles. The Labute approximate surface area is 127 Å². The van der Waals surface area contributed by atoms with Gasteiger partial charge < -0.3 is 16.0 Å². The maximum Gasteiger partial charge on any atom is 0.253 e. The number of benzene rings is 1. The Hall–Kier alpha value is -1.55. The lowest BCUT2D eigenvalue weighted by Crippen LogP contribution is -2.39. The summed E-state index contributed by atoms with van der Waals surface area (Å²) in [4.78, 5) is 14.6. The standard InChI is InChI=1S/C17H27N3O/c1-13-7-8-15(16(18)12-13)17(21)19-9-5-11-20-10-4-3-6-14(20)2/h7-8,12,14H,3-6,9-11,18H2,1-2H3,(H,19,21). The molecule has 4 heteroatoms. The van der Waals surface area contributed by atoms with Crippen LogP contribution >= 0.6 is 0 Å². The molecule has 1 aliphatic rings. The van der Waals surface area contributed by atoms with Gasteiger partial charge in [-0.3, -0.25) is 4.79 Å². The largest absolute Gasteiger partial charge is 0.398 e. The Morgan fingerprint density at radius 3 is 2.95 bits per heavy atom. The quantitative estimate of drug-likeness (QED) is 0.647. The van der Waals surface area contributed by atoms with Crippen LogP contribution in [0.15, 0.2) is 18.2 Å². The molecule has 1 unspecified atom stereocenters. The zero-order valence-corrected chi connectivity index (χ0v) is 13.2. The number of nitrogens with two attached hydrogens (primary N) is 1. The monoisotopic (exact) mass is 289 g/mol. The number of nitrogens with zero attached hydrogens (tertiary/aromatic N) is 1. The summed E-state index contributed by atoms with van der Waals surface area (Å²) in [5.74, 6) is -0.0702. The molecular weight excluding hydrogens is 262 g/mol. The van der Waals surface area contributed by atoms with Crippen LogP contribution in [0.5, 0.6) is 0 Å². The van der Waals surface area contributed by atoms with Gasteiger partial charge in [0.05, 0.1) is 5.56 Å². The highest BCUT2D eigenvalue weighted by molar-refractivity contribution is 5.99. The molecule has 0 aromatic heterocycles. The maximum absolute atomic E-state index is 12.1. The Bertz CT molecular complexity index is 487. The first-order chi connectivity index (χ1) is 10.1. The molecule has 1 saturated heterocycles. The van der Waals surface area contributed by atoms with E-state index < -0.39 is 0 Å².